The van der Waals surface area contributed by atoms with Crippen molar-refractivity contribution >= 4 is 6.47 Å². The van der Waals surface area contributed by atoms with Crippen LogP contribution in [0, 0.1) is 0 Å². The molecular weight excluding hydrogens is 276 g/mol. The average Bonchev–Trinajstić information content (AvgIpc) is 2.53. The van der Waals surface area contributed by atoms with Gasteiger partial charge in [-0.3, -0.25) is 4.79 Å². The lowest BCUT2D eigenvalue weighted by Gasteiger charge is -2.31. The number of piperazine rings is 1. The highest BCUT2D eigenvalue weighted by Crippen LogP contribution is 2.02. The lowest BCUT2D eigenvalue weighted by molar-refractivity contribution is -0.138. The molecule has 1 rings (SSSR count). The number of hydrogen-bond acceptors (Lipinski definition) is 4. The minimum Gasteiger partial charge on any atom is -0.462 e. The van der Waals surface area contributed by atoms with E-state index in [9.17, 15) is 4.79 Å². The van der Waals surface area contributed by atoms with Gasteiger partial charge in [0.15, 0.2) is 0 Å². The first-order valence-corrected chi connectivity index (χ1v) is 8.91. The number of nitrogens with zero attached hydrogens (tertiary/aromatic N) is 2. The van der Waals surface area contributed by atoms with Gasteiger partial charge < -0.3 is 14.5 Å². The van der Waals surface area contributed by atoms with Crippen molar-refractivity contribution in [2.24, 2.45) is 0 Å². The van der Waals surface area contributed by atoms with Crippen LogP contribution < -0.4 is 0 Å². The molecular formula is C18H44N2O2. The van der Waals surface area contributed by atoms with Crippen molar-refractivity contribution in [1.82, 2.24) is 9.80 Å². The summed E-state index contributed by atoms with van der Waals surface area (Å²) in [5, 5.41) is 0. The summed E-state index contributed by atoms with van der Waals surface area (Å²) in [5.41, 5.74) is -0.318. The Bertz CT molecular complexity index is 184. The molecule has 138 valence electrons. The highest BCUT2D eigenvalue weighted by atomic mass is 16.5. The number of rotatable bonds is 2. The molecule has 1 aliphatic rings. The van der Waals surface area contributed by atoms with Crippen molar-refractivity contribution in [1.29, 1.82) is 0 Å². The fourth-order valence-corrected chi connectivity index (χ4v) is 1.31. The van der Waals surface area contributed by atoms with Crippen molar-refractivity contribution in [3.8, 4) is 0 Å². The Balaban J connectivity index is -0.000000112. The first-order chi connectivity index (χ1) is 10.4. The molecule has 22 heavy (non-hydrogen) atoms. The smallest absolute Gasteiger partial charge is 0.293 e. The van der Waals surface area contributed by atoms with Gasteiger partial charge in [-0.05, 0) is 34.4 Å². The topological polar surface area (TPSA) is 32.8 Å². The Morgan fingerprint density at radius 3 is 1.45 bits per heavy atom. The zero-order chi connectivity index (χ0) is 18.6. The summed E-state index contributed by atoms with van der Waals surface area (Å²) in [6, 6.07) is 0. The second-order valence-electron chi connectivity index (χ2n) is 5.06. The lowest BCUT2D eigenvalue weighted by Crippen LogP contribution is -2.44. The van der Waals surface area contributed by atoms with Gasteiger partial charge >= 0.3 is 0 Å². The molecule has 4 nitrogen and oxygen atoms in total. The molecule has 1 aliphatic heterocycles. The molecule has 1 saturated heterocycles. The summed E-state index contributed by atoms with van der Waals surface area (Å²) < 4.78 is 4.55. The summed E-state index contributed by atoms with van der Waals surface area (Å²) in [4.78, 5) is 14.5. The quantitative estimate of drug-likeness (QED) is 0.711. The number of carbonyl (C=O) groups is 1. The van der Waals surface area contributed by atoms with Gasteiger partial charge in [0, 0.05) is 26.2 Å². The maximum absolute atomic E-state index is 9.60. The van der Waals surface area contributed by atoms with E-state index in [-0.39, 0.29) is 5.60 Å². The van der Waals surface area contributed by atoms with Crippen molar-refractivity contribution in [3.05, 3.63) is 0 Å². The van der Waals surface area contributed by atoms with Crippen LogP contribution in [0.5, 0.6) is 0 Å². The van der Waals surface area contributed by atoms with E-state index in [1.807, 2.05) is 62.3 Å². The van der Waals surface area contributed by atoms with Crippen LogP contribution in [0.3, 0.4) is 0 Å². The van der Waals surface area contributed by atoms with Crippen molar-refractivity contribution in [3.63, 3.8) is 0 Å². The molecule has 0 aromatic rings. The van der Waals surface area contributed by atoms with Gasteiger partial charge in [-0.25, -0.2) is 0 Å². The molecule has 0 aliphatic carbocycles. The Labute approximate surface area is 141 Å². The summed E-state index contributed by atoms with van der Waals surface area (Å²) in [5.74, 6) is 0. The van der Waals surface area contributed by atoms with Crippen LogP contribution in [-0.2, 0) is 9.53 Å². The Kier molecular flexibility index (Phi) is 30.3. The number of carbonyl (C=O) groups excluding carboxylic acids is 1. The normalized spacial score (nSPS) is 14.3. The van der Waals surface area contributed by atoms with E-state index in [0.717, 1.165) is 0 Å². The standard InChI is InChI=1S/C7H16N2.C5H10O2.3C2H6/c1-3-9-6-4-8(2)5-7-9;1-5(2,3)7-4-6;3*1-2/h3-7H2,1-2H3;4H,1-3H3;3*1-2H3. The van der Waals surface area contributed by atoms with Crippen LogP contribution in [-0.4, -0.2) is 61.6 Å². The first kappa shape index (κ1) is 29.4. The number of ether oxygens (including phenoxy) is 1. The highest BCUT2D eigenvalue weighted by molar-refractivity contribution is 5.37. The molecule has 1 fully saturated rings. The summed E-state index contributed by atoms with van der Waals surface area (Å²) in [6.07, 6.45) is 0. The lowest BCUT2D eigenvalue weighted by atomic mass is 10.2. The predicted molar refractivity (Wildman–Crippen MR) is 101 cm³/mol. The fraction of sp³-hybridized carbons (Fsp3) is 0.944. The fourth-order valence-electron chi connectivity index (χ4n) is 1.31. The van der Waals surface area contributed by atoms with Gasteiger partial charge in [0.2, 0.25) is 0 Å². The van der Waals surface area contributed by atoms with Crippen molar-refractivity contribution in [2.45, 2.75) is 74.8 Å². The van der Waals surface area contributed by atoms with Crippen LogP contribution in [0.1, 0.15) is 69.2 Å². The summed E-state index contributed by atoms with van der Waals surface area (Å²) in [6.45, 7) is 26.4. The van der Waals surface area contributed by atoms with E-state index in [1.54, 1.807) is 0 Å². The third-order valence-electron chi connectivity index (χ3n) is 2.44. The molecule has 0 radical (unpaired) electrons. The highest BCUT2D eigenvalue weighted by Gasteiger charge is 2.10. The Morgan fingerprint density at radius 1 is 0.909 bits per heavy atom. The second kappa shape index (κ2) is 22.7. The third kappa shape index (κ3) is 27.7. The molecule has 0 spiro atoms. The predicted octanol–water partition coefficient (Wildman–Crippen LogP) is 4.29. The van der Waals surface area contributed by atoms with Gasteiger partial charge in [-0.15, -0.1) is 0 Å². The first-order valence-electron chi connectivity index (χ1n) is 8.91. The molecule has 0 atom stereocenters. The van der Waals surface area contributed by atoms with Crippen LogP contribution >= 0.6 is 0 Å². The molecule has 0 aromatic heterocycles. The minimum atomic E-state index is -0.318. The van der Waals surface area contributed by atoms with E-state index in [4.69, 9.17) is 0 Å². The third-order valence-corrected chi connectivity index (χ3v) is 2.44. The van der Waals surface area contributed by atoms with Crippen molar-refractivity contribution in [2.75, 3.05) is 39.8 Å². The minimum absolute atomic E-state index is 0.318. The Hall–Kier alpha value is -0.610. The number of likely N-dealkylation sites (N-methyl/N-ethyl adjacent to an activating group) is 2. The Morgan fingerprint density at radius 2 is 1.27 bits per heavy atom. The molecule has 0 bridgehead atoms. The van der Waals surface area contributed by atoms with E-state index in [1.165, 1.54) is 32.7 Å². The van der Waals surface area contributed by atoms with Gasteiger partial charge in [0.1, 0.15) is 5.60 Å². The largest absolute Gasteiger partial charge is 0.462 e. The van der Waals surface area contributed by atoms with E-state index < -0.39 is 0 Å². The SMILES string of the molecule is CC.CC.CC.CC(C)(C)OC=O.CCN1CCN(C)CC1. The average molecular weight is 321 g/mol. The second-order valence-corrected chi connectivity index (χ2v) is 5.06. The molecule has 0 saturated carbocycles. The zero-order valence-electron chi connectivity index (χ0n) is 17.3. The molecule has 0 amide bonds. The summed E-state index contributed by atoms with van der Waals surface area (Å²) >= 11 is 0. The van der Waals surface area contributed by atoms with Crippen LogP contribution in [0.25, 0.3) is 0 Å². The molecule has 4 heteroatoms. The monoisotopic (exact) mass is 320 g/mol. The van der Waals surface area contributed by atoms with E-state index >= 15 is 0 Å². The van der Waals surface area contributed by atoms with Gasteiger partial charge in [0.25, 0.3) is 6.47 Å². The van der Waals surface area contributed by atoms with Gasteiger partial charge in [-0.2, -0.15) is 0 Å². The molecule has 1 heterocycles. The summed E-state index contributed by atoms with van der Waals surface area (Å²) in [7, 11) is 2.19. The maximum Gasteiger partial charge on any atom is 0.293 e. The van der Waals surface area contributed by atoms with E-state index in [2.05, 4.69) is 28.5 Å². The molecule has 0 N–H and O–H groups in total. The maximum atomic E-state index is 9.60. The van der Waals surface area contributed by atoms with Crippen LogP contribution in [0.4, 0.5) is 0 Å². The zero-order valence-corrected chi connectivity index (χ0v) is 17.3. The van der Waals surface area contributed by atoms with Crippen LogP contribution in [0.2, 0.25) is 0 Å². The van der Waals surface area contributed by atoms with Gasteiger partial charge in [-0.1, -0.05) is 48.5 Å². The van der Waals surface area contributed by atoms with Crippen molar-refractivity contribution < 1.29 is 9.53 Å². The van der Waals surface area contributed by atoms with Gasteiger partial charge in [0.05, 0.1) is 0 Å². The number of hydrogen-bond donors (Lipinski definition) is 0. The van der Waals surface area contributed by atoms with E-state index in [0.29, 0.717) is 6.47 Å². The molecule has 0 unspecified atom stereocenters. The van der Waals surface area contributed by atoms with Crippen LogP contribution in [0.15, 0.2) is 0 Å². The molecule has 0 aromatic carbocycles.